The number of amides is 2. The number of esters is 1. The van der Waals surface area contributed by atoms with Crippen molar-refractivity contribution in [3.63, 3.8) is 0 Å². The molecule has 162 valence electrons. The van der Waals surface area contributed by atoms with Gasteiger partial charge in [-0.2, -0.15) is 0 Å². The molecule has 1 saturated heterocycles. The second-order valence-corrected chi connectivity index (χ2v) is 8.03. The van der Waals surface area contributed by atoms with Gasteiger partial charge in [0, 0.05) is 40.9 Å². The van der Waals surface area contributed by atoms with Crippen LogP contribution in [0, 0.1) is 29.9 Å². The number of nitro benzene ring substituents is 1. The van der Waals surface area contributed by atoms with E-state index in [9.17, 15) is 24.5 Å². The van der Waals surface area contributed by atoms with Gasteiger partial charge in [0.2, 0.25) is 5.91 Å². The van der Waals surface area contributed by atoms with Crippen molar-refractivity contribution in [2.45, 2.75) is 20.3 Å². The summed E-state index contributed by atoms with van der Waals surface area (Å²) in [4.78, 5) is 48.4. The lowest BCUT2D eigenvalue weighted by molar-refractivity contribution is -0.384. The van der Waals surface area contributed by atoms with Crippen LogP contribution in [0.4, 0.5) is 17.1 Å². The highest BCUT2D eigenvalue weighted by molar-refractivity contribution is 9.10. The smallest absolute Gasteiger partial charge is 0.311 e. The number of hydrogen-bond acceptors (Lipinski definition) is 6. The van der Waals surface area contributed by atoms with Crippen LogP contribution in [0.25, 0.3) is 0 Å². The summed E-state index contributed by atoms with van der Waals surface area (Å²) in [5.41, 5.74) is 2.89. The predicted molar refractivity (Wildman–Crippen MR) is 117 cm³/mol. The molecule has 1 aliphatic heterocycles. The van der Waals surface area contributed by atoms with Gasteiger partial charge >= 0.3 is 5.97 Å². The molecule has 0 radical (unpaired) electrons. The number of carbonyl (C=O) groups excluding carboxylic acids is 3. The summed E-state index contributed by atoms with van der Waals surface area (Å²) in [6.07, 6.45) is -0.0531. The molecule has 9 nitrogen and oxygen atoms in total. The first-order valence-corrected chi connectivity index (χ1v) is 10.2. The standard InChI is InChI=1S/C21H20BrN3O6/c1-12-13(2)18(8-7-17(12)22)23-19(26)11-31-21(28)14-9-20(27)24(10-14)15-3-5-16(6-4-15)25(29)30/h3-8,14H,9-11H2,1-2H3,(H,23,26)/t14-/m0/s1. The second kappa shape index (κ2) is 9.25. The van der Waals surface area contributed by atoms with Crippen molar-refractivity contribution in [2.75, 3.05) is 23.4 Å². The monoisotopic (exact) mass is 489 g/mol. The Morgan fingerprint density at radius 1 is 1.19 bits per heavy atom. The first-order chi connectivity index (χ1) is 14.7. The van der Waals surface area contributed by atoms with E-state index in [1.165, 1.54) is 29.2 Å². The Morgan fingerprint density at radius 3 is 2.52 bits per heavy atom. The molecule has 1 N–H and O–H groups in total. The third-order valence-corrected chi connectivity index (χ3v) is 6.03. The lowest BCUT2D eigenvalue weighted by Crippen LogP contribution is -2.28. The molecule has 0 unspecified atom stereocenters. The van der Waals surface area contributed by atoms with Gasteiger partial charge in [0.1, 0.15) is 0 Å². The number of nitro groups is 1. The molecule has 0 aromatic heterocycles. The zero-order valence-electron chi connectivity index (χ0n) is 16.9. The highest BCUT2D eigenvalue weighted by Gasteiger charge is 2.36. The van der Waals surface area contributed by atoms with Crippen LogP contribution in [0.3, 0.4) is 0 Å². The number of non-ortho nitro benzene ring substituents is 1. The fourth-order valence-electron chi connectivity index (χ4n) is 3.23. The number of ether oxygens (including phenoxy) is 1. The first-order valence-electron chi connectivity index (χ1n) is 9.44. The summed E-state index contributed by atoms with van der Waals surface area (Å²) in [7, 11) is 0. The number of halogens is 1. The first kappa shape index (κ1) is 22.4. The van der Waals surface area contributed by atoms with E-state index in [-0.39, 0.29) is 24.6 Å². The van der Waals surface area contributed by atoms with E-state index in [0.29, 0.717) is 11.4 Å². The molecule has 1 heterocycles. The molecule has 0 aliphatic carbocycles. The second-order valence-electron chi connectivity index (χ2n) is 7.18. The average Bonchev–Trinajstić information content (AvgIpc) is 3.14. The van der Waals surface area contributed by atoms with E-state index in [0.717, 1.165) is 15.6 Å². The average molecular weight is 490 g/mol. The Kier molecular flexibility index (Phi) is 6.69. The third kappa shape index (κ3) is 5.08. The molecule has 0 saturated carbocycles. The van der Waals surface area contributed by atoms with Crippen molar-refractivity contribution in [3.8, 4) is 0 Å². The molecular formula is C21H20BrN3O6. The Labute approximate surface area is 186 Å². The Morgan fingerprint density at radius 2 is 1.87 bits per heavy atom. The summed E-state index contributed by atoms with van der Waals surface area (Å²) in [5.74, 6) is -2.13. The Bertz CT molecular complexity index is 1050. The zero-order valence-corrected chi connectivity index (χ0v) is 18.5. The molecular weight excluding hydrogens is 470 g/mol. The molecule has 1 fully saturated rings. The van der Waals surface area contributed by atoms with Crippen molar-refractivity contribution in [1.82, 2.24) is 0 Å². The van der Waals surface area contributed by atoms with E-state index in [1.807, 2.05) is 19.9 Å². The minimum Gasteiger partial charge on any atom is -0.455 e. The van der Waals surface area contributed by atoms with Crippen LogP contribution in [0.15, 0.2) is 40.9 Å². The van der Waals surface area contributed by atoms with Crippen molar-refractivity contribution >= 4 is 50.8 Å². The molecule has 1 atom stereocenters. The lowest BCUT2D eigenvalue weighted by atomic mass is 10.1. The van der Waals surface area contributed by atoms with E-state index >= 15 is 0 Å². The molecule has 31 heavy (non-hydrogen) atoms. The summed E-state index contributed by atoms with van der Waals surface area (Å²) >= 11 is 3.43. The van der Waals surface area contributed by atoms with Crippen LogP contribution >= 0.6 is 15.9 Å². The van der Waals surface area contributed by atoms with Gasteiger partial charge in [0.15, 0.2) is 6.61 Å². The molecule has 0 spiro atoms. The van der Waals surface area contributed by atoms with Crippen LogP contribution in [0.2, 0.25) is 0 Å². The molecule has 10 heteroatoms. The highest BCUT2D eigenvalue weighted by atomic mass is 79.9. The summed E-state index contributed by atoms with van der Waals surface area (Å²) in [6.45, 7) is 3.42. The summed E-state index contributed by atoms with van der Waals surface area (Å²) in [5, 5.41) is 13.5. The van der Waals surface area contributed by atoms with E-state index in [4.69, 9.17) is 4.74 Å². The molecule has 2 aromatic carbocycles. The number of hydrogen-bond donors (Lipinski definition) is 1. The normalized spacial score (nSPS) is 15.6. The highest BCUT2D eigenvalue weighted by Crippen LogP contribution is 2.28. The number of anilines is 2. The quantitative estimate of drug-likeness (QED) is 0.376. The van der Waals surface area contributed by atoms with Crippen molar-refractivity contribution < 1.29 is 24.0 Å². The van der Waals surface area contributed by atoms with Crippen LogP contribution in [0.1, 0.15) is 17.5 Å². The van der Waals surface area contributed by atoms with E-state index in [2.05, 4.69) is 21.2 Å². The molecule has 0 bridgehead atoms. The maximum Gasteiger partial charge on any atom is 0.311 e. The topological polar surface area (TPSA) is 119 Å². The Hall–Kier alpha value is -3.27. The molecule has 2 amide bonds. The Balaban J connectivity index is 1.55. The minimum absolute atomic E-state index is 0.0531. The molecule has 3 rings (SSSR count). The van der Waals surface area contributed by atoms with Gasteiger partial charge in [-0.1, -0.05) is 15.9 Å². The van der Waals surface area contributed by atoms with Gasteiger partial charge in [-0.15, -0.1) is 0 Å². The lowest BCUT2D eigenvalue weighted by Gasteiger charge is -2.16. The van der Waals surface area contributed by atoms with Crippen molar-refractivity contribution in [2.24, 2.45) is 5.92 Å². The number of nitrogens with one attached hydrogen (secondary N) is 1. The summed E-state index contributed by atoms with van der Waals surface area (Å²) < 4.78 is 6.04. The van der Waals surface area contributed by atoms with Crippen molar-refractivity contribution in [1.29, 1.82) is 0 Å². The van der Waals surface area contributed by atoms with Gasteiger partial charge in [-0.05, 0) is 49.2 Å². The number of rotatable bonds is 6. The summed E-state index contributed by atoms with van der Waals surface area (Å²) in [6, 6.07) is 9.08. The SMILES string of the molecule is Cc1c(Br)ccc(NC(=O)COC(=O)[C@H]2CC(=O)N(c3ccc([N+](=O)[O-])cc3)C2)c1C. The maximum atomic E-state index is 12.4. The van der Waals surface area contributed by atoms with Gasteiger partial charge in [0.25, 0.3) is 11.6 Å². The minimum atomic E-state index is -0.716. The fourth-order valence-corrected chi connectivity index (χ4v) is 3.66. The van der Waals surface area contributed by atoms with Crippen LogP contribution in [0.5, 0.6) is 0 Å². The maximum absolute atomic E-state index is 12.4. The van der Waals surface area contributed by atoms with Crippen LogP contribution < -0.4 is 10.2 Å². The molecule has 2 aromatic rings. The van der Waals surface area contributed by atoms with Gasteiger partial charge in [-0.3, -0.25) is 24.5 Å². The zero-order chi connectivity index (χ0) is 22.7. The van der Waals surface area contributed by atoms with E-state index in [1.54, 1.807) is 6.07 Å². The predicted octanol–water partition coefficient (Wildman–Crippen LogP) is 3.51. The van der Waals surface area contributed by atoms with Crippen LogP contribution in [-0.2, 0) is 19.1 Å². The number of benzene rings is 2. The van der Waals surface area contributed by atoms with Crippen LogP contribution in [-0.4, -0.2) is 35.9 Å². The van der Waals surface area contributed by atoms with E-state index < -0.39 is 29.3 Å². The number of nitrogens with zero attached hydrogens (tertiary/aromatic N) is 2. The molecule has 1 aliphatic rings. The van der Waals surface area contributed by atoms with Gasteiger partial charge in [0.05, 0.1) is 10.8 Å². The largest absolute Gasteiger partial charge is 0.455 e. The number of carbonyl (C=O) groups is 3. The van der Waals surface area contributed by atoms with Gasteiger partial charge < -0.3 is 15.0 Å². The third-order valence-electron chi connectivity index (χ3n) is 5.17. The fraction of sp³-hybridized carbons (Fsp3) is 0.286. The van der Waals surface area contributed by atoms with Gasteiger partial charge in [-0.25, -0.2) is 0 Å². The van der Waals surface area contributed by atoms with Crippen molar-refractivity contribution in [3.05, 3.63) is 62.1 Å².